The molecule has 4 nitrogen and oxygen atoms in total. The van der Waals surface area contributed by atoms with Crippen molar-refractivity contribution in [3.8, 4) is 0 Å². The Kier molecular flexibility index (Phi) is 6.08. The van der Waals surface area contributed by atoms with Crippen LogP contribution in [-0.4, -0.2) is 44.2 Å². The van der Waals surface area contributed by atoms with E-state index in [0.717, 1.165) is 19.4 Å². The van der Waals surface area contributed by atoms with E-state index in [1.807, 2.05) is 13.8 Å². The molecule has 108 valence electrons. The van der Waals surface area contributed by atoms with E-state index in [0.29, 0.717) is 25.0 Å². The summed E-state index contributed by atoms with van der Waals surface area (Å²) >= 11 is 0. The minimum absolute atomic E-state index is 0.196. The van der Waals surface area contributed by atoms with E-state index in [9.17, 15) is 8.42 Å². The van der Waals surface area contributed by atoms with Gasteiger partial charge in [0.25, 0.3) is 0 Å². The Bertz CT molecular complexity index is 341. The van der Waals surface area contributed by atoms with Gasteiger partial charge in [0, 0.05) is 19.1 Å². The van der Waals surface area contributed by atoms with Crippen molar-refractivity contribution in [2.75, 3.05) is 25.4 Å². The SMILES string of the molecule is CCCNC1CCN(S(=O)(=O)CC(C)C)CC1C. The third-order valence-corrected chi connectivity index (χ3v) is 5.67. The van der Waals surface area contributed by atoms with Crippen LogP contribution >= 0.6 is 0 Å². The Hall–Kier alpha value is -0.130. The molecule has 0 aromatic rings. The molecular weight excluding hydrogens is 248 g/mol. The van der Waals surface area contributed by atoms with Crippen molar-refractivity contribution in [3.05, 3.63) is 0 Å². The number of nitrogens with zero attached hydrogens (tertiary/aromatic N) is 1. The van der Waals surface area contributed by atoms with E-state index in [-0.39, 0.29) is 11.7 Å². The lowest BCUT2D eigenvalue weighted by atomic mass is 9.95. The zero-order chi connectivity index (χ0) is 13.8. The van der Waals surface area contributed by atoms with Crippen LogP contribution in [0.25, 0.3) is 0 Å². The maximum atomic E-state index is 12.2. The number of sulfonamides is 1. The average molecular weight is 276 g/mol. The van der Waals surface area contributed by atoms with Crippen molar-refractivity contribution in [1.82, 2.24) is 9.62 Å². The smallest absolute Gasteiger partial charge is 0.214 e. The van der Waals surface area contributed by atoms with Crippen LogP contribution in [0.1, 0.15) is 40.5 Å². The van der Waals surface area contributed by atoms with Crippen molar-refractivity contribution in [3.63, 3.8) is 0 Å². The average Bonchev–Trinajstić information content (AvgIpc) is 2.25. The molecule has 2 atom stereocenters. The van der Waals surface area contributed by atoms with Crippen molar-refractivity contribution in [1.29, 1.82) is 0 Å². The van der Waals surface area contributed by atoms with Gasteiger partial charge in [-0.1, -0.05) is 27.7 Å². The van der Waals surface area contributed by atoms with Crippen molar-refractivity contribution < 1.29 is 8.42 Å². The van der Waals surface area contributed by atoms with Crippen LogP contribution < -0.4 is 5.32 Å². The van der Waals surface area contributed by atoms with Crippen LogP contribution in [0, 0.1) is 11.8 Å². The van der Waals surface area contributed by atoms with Crippen molar-refractivity contribution >= 4 is 10.0 Å². The Balaban J connectivity index is 2.55. The Morgan fingerprint density at radius 2 is 2.06 bits per heavy atom. The van der Waals surface area contributed by atoms with E-state index >= 15 is 0 Å². The van der Waals surface area contributed by atoms with Crippen LogP contribution in [0.3, 0.4) is 0 Å². The lowest BCUT2D eigenvalue weighted by Gasteiger charge is -2.37. The van der Waals surface area contributed by atoms with Crippen LogP contribution in [0.2, 0.25) is 0 Å². The van der Waals surface area contributed by atoms with Gasteiger partial charge in [-0.25, -0.2) is 12.7 Å². The second kappa shape index (κ2) is 6.87. The zero-order valence-corrected chi connectivity index (χ0v) is 13.0. The first-order valence-electron chi connectivity index (χ1n) is 7.08. The molecule has 1 saturated heterocycles. The molecule has 1 heterocycles. The molecule has 0 aromatic carbocycles. The Morgan fingerprint density at radius 3 is 2.56 bits per heavy atom. The topological polar surface area (TPSA) is 49.4 Å². The minimum Gasteiger partial charge on any atom is -0.314 e. The molecular formula is C13H28N2O2S. The van der Waals surface area contributed by atoms with Gasteiger partial charge in [-0.05, 0) is 31.2 Å². The monoisotopic (exact) mass is 276 g/mol. The maximum Gasteiger partial charge on any atom is 0.214 e. The summed E-state index contributed by atoms with van der Waals surface area (Å²) in [5, 5.41) is 3.51. The van der Waals surface area contributed by atoms with Gasteiger partial charge in [0.15, 0.2) is 0 Å². The lowest BCUT2D eigenvalue weighted by Crippen LogP contribution is -2.50. The lowest BCUT2D eigenvalue weighted by molar-refractivity contribution is 0.220. The molecule has 0 radical (unpaired) electrons. The highest BCUT2D eigenvalue weighted by atomic mass is 32.2. The normalized spacial score (nSPS) is 26.7. The fourth-order valence-corrected chi connectivity index (χ4v) is 4.42. The van der Waals surface area contributed by atoms with Gasteiger partial charge in [-0.2, -0.15) is 0 Å². The van der Waals surface area contributed by atoms with Crippen LogP contribution in [-0.2, 0) is 10.0 Å². The summed E-state index contributed by atoms with van der Waals surface area (Å²) < 4.78 is 26.0. The van der Waals surface area contributed by atoms with E-state index < -0.39 is 10.0 Å². The maximum absolute atomic E-state index is 12.2. The van der Waals surface area contributed by atoms with Crippen LogP contribution in [0.15, 0.2) is 0 Å². The van der Waals surface area contributed by atoms with Gasteiger partial charge >= 0.3 is 0 Å². The number of nitrogens with one attached hydrogen (secondary N) is 1. The number of rotatable bonds is 6. The van der Waals surface area contributed by atoms with Crippen molar-refractivity contribution in [2.45, 2.75) is 46.6 Å². The van der Waals surface area contributed by atoms with Gasteiger partial charge in [0.2, 0.25) is 10.0 Å². The van der Waals surface area contributed by atoms with Gasteiger partial charge in [-0.15, -0.1) is 0 Å². The third-order valence-electron chi connectivity index (χ3n) is 3.46. The molecule has 1 rings (SSSR count). The van der Waals surface area contributed by atoms with E-state index in [4.69, 9.17) is 0 Å². The largest absolute Gasteiger partial charge is 0.314 e. The molecule has 1 aliphatic heterocycles. The first kappa shape index (κ1) is 15.9. The standard InChI is InChI=1S/C13H28N2O2S/c1-5-7-14-13-6-8-15(9-12(13)4)18(16,17)10-11(2)3/h11-14H,5-10H2,1-4H3. The van der Waals surface area contributed by atoms with Crippen molar-refractivity contribution in [2.24, 2.45) is 11.8 Å². The highest BCUT2D eigenvalue weighted by Gasteiger charge is 2.32. The molecule has 1 N–H and O–H groups in total. The number of hydrogen-bond acceptors (Lipinski definition) is 3. The molecule has 0 spiro atoms. The molecule has 0 aliphatic carbocycles. The first-order chi connectivity index (χ1) is 8.36. The molecule has 1 aliphatic rings. The second-order valence-electron chi connectivity index (χ2n) is 5.86. The third kappa shape index (κ3) is 4.52. The van der Waals surface area contributed by atoms with Crippen LogP contribution in [0.4, 0.5) is 0 Å². The van der Waals surface area contributed by atoms with Gasteiger partial charge in [0.05, 0.1) is 5.75 Å². The van der Waals surface area contributed by atoms with E-state index in [1.54, 1.807) is 4.31 Å². The summed E-state index contributed by atoms with van der Waals surface area (Å²) in [4.78, 5) is 0. The first-order valence-corrected chi connectivity index (χ1v) is 8.69. The molecule has 0 saturated carbocycles. The van der Waals surface area contributed by atoms with Gasteiger partial charge in [-0.3, -0.25) is 0 Å². The predicted molar refractivity (Wildman–Crippen MR) is 76.1 cm³/mol. The molecule has 0 aromatic heterocycles. The highest BCUT2D eigenvalue weighted by Crippen LogP contribution is 2.20. The fraction of sp³-hybridized carbons (Fsp3) is 1.00. The molecule has 2 unspecified atom stereocenters. The summed E-state index contributed by atoms with van der Waals surface area (Å²) in [5.74, 6) is 0.862. The Labute approximate surface area is 112 Å². The van der Waals surface area contributed by atoms with E-state index in [2.05, 4.69) is 19.2 Å². The molecule has 0 amide bonds. The fourth-order valence-electron chi connectivity index (χ4n) is 2.52. The Morgan fingerprint density at radius 1 is 1.39 bits per heavy atom. The summed E-state index contributed by atoms with van der Waals surface area (Å²) in [7, 11) is -3.05. The van der Waals surface area contributed by atoms with E-state index in [1.165, 1.54) is 0 Å². The molecule has 18 heavy (non-hydrogen) atoms. The quantitative estimate of drug-likeness (QED) is 0.803. The molecule has 1 fully saturated rings. The molecule has 5 heteroatoms. The van der Waals surface area contributed by atoms with Gasteiger partial charge < -0.3 is 5.32 Å². The van der Waals surface area contributed by atoms with Gasteiger partial charge in [0.1, 0.15) is 0 Å². The summed E-state index contributed by atoms with van der Waals surface area (Å²) in [6.07, 6.45) is 2.05. The predicted octanol–water partition coefficient (Wildman–Crippen LogP) is 1.68. The zero-order valence-electron chi connectivity index (χ0n) is 12.1. The summed E-state index contributed by atoms with van der Waals surface area (Å²) in [5.41, 5.74) is 0. The van der Waals surface area contributed by atoms with Crippen LogP contribution in [0.5, 0.6) is 0 Å². The summed E-state index contributed by atoms with van der Waals surface area (Å²) in [6.45, 7) is 10.6. The summed E-state index contributed by atoms with van der Waals surface area (Å²) in [6, 6.07) is 0.468. The number of piperidine rings is 1. The number of hydrogen-bond donors (Lipinski definition) is 1. The molecule has 0 bridgehead atoms. The second-order valence-corrected chi connectivity index (χ2v) is 7.87. The minimum atomic E-state index is -3.05. The highest BCUT2D eigenvalue weighted by molar-refractivity contribution is 7.89.